The molecule has 2 heterocycles. The van der Waals surface area contributed by atoms with Crippen LogP contribution in [0.25, 0.3) is 11.3 Å². The number of nitrogens with zero attached hydrogens (tertiary/aromatic N) is 2. The topological polar surface area (TPSA) is 64.1 Å². The maximum Gasteiger partial charge on any atom is 0.168 e. The van der Waals surface area contributed by atoms with E-state index in [1.54, 1.807) is 11.8 Å². The van der Waals surface area contributed by atoms with Crippen LogP contribution in [0, 0.1) is 0 Å². The van der Waals surface area contributed by atoms with Crippen molar-refractivity contribution in [1.82, 2.24) is 9.55 Å². The predicted molar refractivity (Wildman–Crippen MR) is 84.4 cm³/mol. The molecule has 4 nitrogen and oxygen atoms in total. The Kier molecular flexibility index (Phi) is 5.10. The molecule has 0 aliphatic carbocycles. The molecule has 0 bridgehead atoms. The van der Waals surface area contributed by atoms with Crippen molar-refractivity contribution in [2.45, 2.75) is 24.2 Å². The number of aliphatic hydroxyl groups excluding tert-OH is 1. The Hall–Kier alpha value is -1.01. The van der Waals surface area contributed by atoms with E-state index in [0.717, 1.165) is 34.4 Å². The molecule has 20 heavy (non-hydrogen) atoms. The van der Waals surface area contributed by atoms with Crippen LogP contribution in [0.1, 0.15) is 5.69 Å². The minimum absolute atomic E-state index is 0. The fourth-order valence-electron chi connectivity index (χ4n) is 2.38. The zero-order chi connectivity index (χ0) is 13.2. The molecule has 3 rings (SSSR count). The summed E-state index contributed by atoms with van der Waals surface area (Å²) in [6.07, 6.45) is 0.661. The van der Waals surface area contributed by atoms with Gasteiger partial charge in [-0.1, -0.05) is 42.1 Å². The summed E-state index contributed by atoms with van der Waals surface area (Å²) >= 11 is 1.78. The standard InChI is InChI=1S/C14H17N3OS.ClH/c15-11(9-18)8-12-13(10-4-2-1-3-5-10)16-14-17(12)6-7-19-14;/h1-5,11,18H,6-9,15H2;1H. The number of rotatable bonds is 4. The van der Waals surface area contributed by atoms with Crippen LogP contribution in [0.4, 0.5) is 0 Å². The summed E-state index contributed by atoms with van der Waals surface area (Å²) in [7, 11) is 0. The van der Waals surface area contributed by atoms with Crippen LogP contribution < -0.4 is 5.73 Å². The van der Waals surface area contributed by atoms with Gasteiger partial charge in [0.2, 0.25) is 0 Å². The first-order chi connectivity index (χ1) is 9.29. The second kappa shape index (κ2) is 6.63. The minimum Gasteiger partial charge on any atom is -0.395 e. The van der Waals surface area contributed by atoms with Gasteiger partial charge in [-0.15, -0.1) is 12.4 Å². The Morgan fingerprint density at radius 1 is 1.35 bits per heavy atom. The zero-order valence-electron chi connectivity index (χ0n) is 11.0. The Morgan fingerprint density at radius 3 is 2.80 bits per heavy atom. The fraction of sp³-hybridized carbons (Fsp3) is 0.357. The van der Waals surface area contributed by atoms with Gasteiger partial charge in [0.15, 0.2) is 5.16 Å². The van der Waals surface area contributed by atoms with Crippen molar-refractivity contribution in [2.75, 3.05) is 12.4 Å². The van der Waals surface area contributed by atoms with E-state index < -0.39 is 0 Å². The number of fused-ring (bicyclic) bond motifs is 1. The highest BCUT2D eigenvalue weighted by Gasteiger charge is 2.23. The number of halogens is 1. The number of aliphatic hydroxyl groups is 1. The van der Waals surface area contributed by atoms with E-state index in [1.165, 1.54) is 0 Å². The zero-order valence-corrected chi connectivity index (χ0v) is 12.7. The molecule has 0 saturated heterocycles. The molecule has 1 aromatic heterocycles. The van der Waals surface area contributed by atoms with E-state index in [9.17, 15) is 5.11 Å². The second-order valence-electron chi connectivity index (χ2n) is 4.70. The van der Waals surface area contributed by atoms with Crippen LogP contribution >= 0.6 is 24.2 Å². The van der Waals surface area contributed by atoms with E-state index in [0.29, 0.717) is 6.42 Å². The lowest BCUT2D eigenvalue weighted by atomic mass is 10.1. The van der Waals surface area contributed by atoms with Gasteiger partial charge in [0.25, 0.3) is 0 Å². The van der Waals surface area contributed by atoms with Gasteiger partial charge >= 0.3 is 0 Å². The lowest BCUT2D eigenvalue weighted by Gasteiger charge is -2.11. The number of aromatic nitrogens is 2. The first-order valence-corrected chi connectivity index (χ1v) is 7.42. The van der Waals surface area contributed by atoms with Crippen LogP contribution in [-0.4, -0.2) is 33.1 Å². The lowest BCUT2D eigenvalue weighted by Crippen LogP contribution is -2.28. The third-order valence-electron chi connectivity index (χ3n) is 3.32. The van der Waals surface area contributed by atoms with Crippen molar-refractivity contribution >= 4 is 24.2 Å². The SMILES string of the molecule is Cl.NC(CO)Cc1c(-c2ccccc2)nc2n1CCS2. The van der Waals surface area contributed by atoms with Crippen molar-refractivity contribution in [1.29, 1.82) is 0 Å². The molecule has 3 N–H and O–H groups in total. The molecule has 0 spiro atoms. The van der Waals surface area contributed by atoms with E-state index in [2.05, 4.69) is 16.7 Å². The van der Waals surface area contributed by atoms with E-state index in [4.69, 9.17) is 10.7 Å². The molecule has 1 atom stereocenters. The van der Waals surface area contributed by atoms with Gasteiger partial charge in [-0.2, -0.15) is 0 Å². The fourth-order valence-corrected chi connectivity index (χ4v) is 3.35. The monoisotopic (exact) mass is 311 g/mol. The molecular formula is C14H18ClN3OS. The van der Waals surface area contributed by atoms with Crippen molar-refractivity contribution in [3.63, 3.8) is 0 Å². The smallest absolute Gasteiger partial charge is 0.168 e. The highest BCUT2D eigenvalue weighted by molar-refractivity contribution is 7.99. The van der Waals surface area contributed by atoms with Gasteiger partial charge in [-0.25, -0.2) is 4.98 Å². The van der Waals surface area contributed by atoms with Gasteiger partial charge in [0.05, 0.1) is 12.3 Å². The summed E-state index contributed by atoms with van der Waals surface area (Å²) in [6.45, 7) is 0.981. The summed E-state index contributed by atoms with van der Waals surface area (Å²) in [6, 6.07) is 9.94. The van der Waals surface area contributed by atoms with Gasteiger partial charge in [0, 0.05) is 36.0 Å². The number of hydrogen-bond acceptors (Lipinski definition) is 4. The summed E-state index contributed by atoms with van der Waals surface area (Å²) in [5.74, 6) is 1.07. The summed E-state index contributed by atoms with van der Waals surface area (Å²) in [4.78, 5) is 4.74. The predicted octanol–water partition coefficient (Wildman–Crippen LogP) is 1.94. The maximum atomic E-state index is 9.18. The van der Waals surface area contributed by atoms with E-state index in [1.807, 2.05) is 18.2 Å². The quantitative estimate of drug-likeness (QED) is 0.906. The summed E-state index contributed by atoms with van der Waals surface area (Å²) in [5, 5.41) is 10.3. The van der Waals surface area contributed by atoms with Crippen molar-refractivity contribution in [2.24, 2.45) is 5.73 Å². The Balaban J connectivity index is 0.00000147. The molecule has 1 aliphatic heterocycles. The number of imidazole rings is 1. The van der Waals surface area contributed by atoms with Gasteiger partial charge in [-0.3, -0.25) is 0 Å². The third-order valence-corrected chi connectivity index (χ3v) is 4.28. The largest absolute Gasteiger partial charge is 0.395 e. The van der Waals surface area contributed by atoms with Gasteiger partial charge < -0.3 is 15.4 Å². The molecule has 0 fully saturated rings. The number of nitrogens with two attached hydrogens (primary N) is 1. The summed E-state index contributed by atoms with van der Waals surface area (Å²) in [5.41, 5.74) is 9.18. The first-order valence-electron chi connectivity index (χ1n) is 6.43. The van der Waals surface area contributed by atoms with Crippen LogP contribution in [0.3, 0.4) is 0 Å². The Morgan fingerprint density at radius 2 is 2.10 bits per heavy atom. The molecule has 0 saturated carbocycles. The Labute approximate surface area is 128 Å². The van der Waals surface area contributed by atoms with Crippen molar-refractivity contribution < 1.29 is 5.11 Å². The molecule has 0 amide bonds. The minimum atomic E-state index is -0.228. The number of thioether (sulfide) groups is 1. The first kappa shape index (κ1) is 15.4. The summed E-state index contributed by atoms with van der Waals surface area (Å²) < 4.78 is 2.24. The van der Waals surface area contributed by atoms with Crippen molar-refractivity contribution in [3.8, 4) is 11.3 Å². The van der Waals surface area contributed by atoms with Crippen LogP contribution in [-0.2, 0) is 13.0 Å². The van der Waals surface area contributed by atoms with Crippen LogP contribution in [0.5, 0.6) is 0 Å². The average molecular weight is 312 g/mol. The molecule has 1 unspecified atom stereocenters. The van der Waals surface area contributed by atoms with Gasteiger partial charge in [-0.05, 0) is 0 Å². The molecule has 6 heteroatoms. The Bertz CT molecular complexity index is 573. The molecule has 1 aliphatic rings. The molecule has 0 radical (unpaired) electrons. The van der Waals surface area contributed by atoms with E-state index >= 15 is 0 Å². The lowest BCUT2D eigenvalue weighted by molar-refractivity contribution is 0.264. The second-order valence-corrected chi connectivity index (χ2v) is 5.76. The molecule has 108 valence electrons. The maximum absolute atomic E-state index is 9.18. The molecule has 2 aromatic rings. The van der Waals surface area contributed by atoms with Crippen molar-refractivity contribution in [3.05, 3.63) is 36.0 Å². The highest BCUT2D eigenvalue weighted by atomic mass is 35.5. The molecule has 1 aromatic carbocycles. The van der Waals surface area contributed by atoms with Crippen LogP contribution in [0.2, 0.25) is 0 Å². The van der Waals surface area contributed by atoms with Crippen LogP contribution in [0.15, 0.2) is 35.5 Å². The van der Waals surface area contributed by atoms with Gasteiger partial charge in [0.1, 0.15) is 0 Å². The molecular weight excluding hydrogens is 294 g/mol. The van der Waals surface area contributed by atoms with E-state index in [-0.39, 0.29) is 25.1 Å². The normalized spacial score (nSPS) is 14.7. The third kappa shape index (κ3) is 2.86. The average Bonchev–Trinajstić information content (AvgIpc) is 3.02. The number of benzene rings is 1. The number of hydrogen-bond donors (Lipinski definition) is 2. The highest BCUT2D eigenvalue weighted by Crippen LogP contribution is 2.33.